The molecule has 0 atom stereocenters. The molecule has 0 aliphatic carbocycles. The summed E-state index contributed by atoms with van der Waals surface area (Å²) in [6.07, 6.45) is 4.53. The predicted octanol–water partition coefficient (Wildman–Crippen LogP) is 6.34. The lowest BCUT2D eigenvalue weighted by Gasteiger charge is -2.32. The highest BCUT2D eigenvalue weighted by atomic mass is 16.5. The highest BCUT2D eigenvalue weighted by molar-refractivity contribution is 6.27. The zero-order valence-corrected chi connectivity index (χ0v) is 25.5. The average molecular weight is 606 g/mol. The summed E-state index contributed by atoms with van der Waals surface area (Å²) in [4.78, 5) is 26.1. The summed E-state index contributed by atoms with van der Waals surface area (Å²) in [7, 11) is 1.72. The zero-order valence-electron chi connectivity index (χ0n) is 25.5. The van der Waals surface area contributed by atoms with Gasteiger partial charge in [-0.15, -0.1) is 0 Å². The first-order chi connectivity index (χ1) is 21.9. The van der Waals surface area contributed by atoms with E-state index in [-0.39, 0.29) is 6.04 Å². The molecule has 0 spiro atoms. The Kier molecular flexibility index (Phi) is 10.6. The lowest BCUT2D eigenvalue weighted by Crippen LogP contribution is -2.36. The van der Waals surface area contributed by atoms with Crippen molar-refractivity contribution in [3.05, 3.63) is 132 Å². The number of likely N-dealkylation sites (tertiary alicyclic amines) is 1. The van der Waals surface area contributed by atoms with Crippen molar-refractivity contribution >= 4 is 23.0 Å². The van der Waals surface area contributed by atoms with E-state index in [1.807, 2.05) is 0 Å². The number of nitrogens with zero attached hydrogens (tertiary/aromatic N) is 3. The minimum Gasteiger partial charge on any atom is -0.497 e. The lowest BCUT2D eigenvalue weighted by atomic mass is 9.92. The maximum absolute atomic E-state index is 9.10. The van der Waals surface area contributed by atoms with Crippen molar-refractivity contribution in [3.63, 3.8) is 0 Å². The van der Waals surface area contributed by atoms with Gasteiger partial charge in [0.15, 0.2) is 0 Å². The van der Waals surface area contributed by atoms with Crippen LogP contribution < -0.4 is 4.74 Å². The molecule has 8 heteroatoms. The third kappa shape index (κ3) is 8.16. The van der Waals surface area contributed by atoms with Gasteiger partial charge in [-0.05, 0) is 79.2 Å². The minimum atomic E-state index is -1.82. The summed E-state index contributed by atoms with van der Waals surface area (Å²) in [5.41, 5.74) is 6.26. The molecular weight excluding hydrogens is 566 g/mol. The third-order valence-corrected chi connectivity index (χ3v) is 8.39. The SMILES string of the molecule is COc1ccc(CCN2CCC(Cc3nc4ccccc4n3C(c3ccccc3)c3ccccc3)CC2)cc1.O=C(O)C(=O)O. The number of imidazole rings is 1. The molecule has 0 radical (unpaired) electrons. The normalized spacial score (nSPS) is 13.7. The van der Waals surface area contributed by atoms with E-state index in [1.54, 1.807) is 7.11 Å². The number of aliphatic carboxylic acids is 2. The third-order valence-electron chi connectivity index (χ3n) is 8.39. The number of para-hydroxylation sites is 2. The Morgan fingerprint density at radius 1 is 0.800 bits per heavy atom. The van der Waals surface area contributed by atoms with Crippen molar-refractivity contribution in [2.75, 3.05) is 26.7 Å². The molecule has 2 heterocycles. The summed E-state index contributed by atoms with van der Waals surface area (Å²) >= 11 is 0. The summed E-state index contributed by atoms with van der Waals surface area (Å²) in [6.45, 7) is 3.42. The molecule has 232 valence electrons. The summed E-state index contributed by atoms with van der Waals surface area (Å²) < 4.78 is 7.81. The summed E-state index contributed by atoms with van der Waals surface area (Å²) in [5, 5.41) is 14.8. The van der Waals surface area contributed by atoms with Crippen LogP contribution in [-0.4, -0.2) is 63.3 Å². The first-order valence-electron chi connectivity index (χ1n) is 15.3. The van der Waals surface area contributed by atoms with Crippen molar-refractivity contribution in [3.8, 4) is 5.75 Å². The number of aromatic nitrogens is 2. The van der Waals surface area contributed by atoms with E-state index in [2.05, 4.69) is 119 Å². The Hall–Kier alpha value is -4.95. The monoisotopic (exact) mass is 605 g/mol. The van der Waals surface area contributed by atoms with Gasteiger partial charge in [0.25, 0.3) is 0 Å². The second-order valence-electron chi connectivity index (χ2n) is 11.3. The molecule has 1 saturated heterocycles. The standard InChI is InChI=1S/C35H37N3O.C2H2O4/c1-39-31-18-16-27(17-19-31)20-23-37-24-21-28(22-25-37)26-34-36-32-14-8-9-15-33(32)38(34)35(29-10-4-2-5-11-29)30-12-6-3-7-13-30;3-1(4)2(5)6/h2-19,28,35H,20-26H2,1H3;(H,3,4)(H,5,6). The quantitative estimate of drug-likeness (QED) is 0.189. The second-order valence-corrected chi connectivity index (χ2v) is 11.3. The van der Waals surface area contributed by atoms with E-state index in [1.165, 1.54) is 40.9 Å². The van der Waals surface area contributed by atoms with Crippen molar-refractivity contribution in [1.29, 1.82) is 0 Å². The summed E-state index contributed by atoms with van der Waals surface area (Å²) in [5.74, 6) is -0.882. The Morgan fingerprint density at radius 3 is 1.91 bits per heavy atom. The van der Waals surface area contributed by atoms with Crippen molar-refractivity contribution < 1.29 is 24.5 Å². The molecule has 0 amide bonds. The van der Waals surface area contributed by atoms with Crippen LogP contribution in [0, 0.1) is 5.92 Å². The van der Waals surface area contributed by atoms with Crippen LogP contribution in [0.3, 0.4) is 0 Å². The lowest BCUT2D eigenvalue weighted by molar-refractivity contribution is -0.159. The smallest absolute Gasteiger partial charge is 0.414 e. The Morgan fingerprint density at radius 2 is 1.36 bits per heavy atom. The van der Waals surface area contributed by atoms with Crippen LogP contribution in [0.25, 0.3) is 11.0 Å². The molecule has 6 rings (SSSR count). The number of hydrogen-bond donors (Lipinski definition) is 2. The number of carboxylic acid groups (broad SMARTS) is 2. The molecule has 45 heavy (non-hydrogen) atoms. The van der Waals surface area contributed by atoms with Gasteiger partial charge >= 0.3 is 11.9 Å². The maximum Gasteiger partial charge on any atom is 0.414 e. The molecule has 2 N–H and O–H groups in total. The summed E-state index contributed by atoms with van der Waals surface area (Å²) in [6, 6.07) is 39.0. The van der Waals surface area contributed by atoms with Gasteiger partial charge in [-0.3, -0.25) is 0 Å². The molecule has 1 aliphatic heterocycles. The molecule has 1 aromatic heterocycles. The number of hydrogen-bond acceptors (Lipinski definition) is 5. The number of benzene rings is 4. The van der Waals surface area contributed by atoms with Crippen molar-refractivity contribution in [1.82, 2.24) is 14.5 Å². The second kappa shape index (κ2) is 15.2. The van der Waals surface area contributed by atoms with Crippen LogP contribution in [0.1, 0.15) is 41.4 Å². The van der Waals surface area contributed by atoms with Gasteiger partial charge in [-0.25, -0.2) is 14.6 Å². The molecule has 0 unspecified atom stereocenters. The van der Waals surface area contributed by atoms with Gasteiger partial charge in [0.05, 0.1) is 24.2 Å². The van der Waals surface area contributed by atoms with Crippen LogP contribution >= 0.6 is 0 Å². The van der Waals surface area contributed by atoms with Crippen LogP contribution in [0.2, 0.25) is 0 Å². The fraction of sp³-hybridized carbons (Fsp3) is 0.270. The molecule has 1 aliphatic rings. The van der Waals surface area contributed by atoms with Crippen LogP contribution in [0.15, 0.2) is 109 Å². The number of methoxy groups -OCH3 is 1. The first kappa shape index (κ1) is 31.5. The number of rotatable bonds is 9. The van der Waals surface area contributed by atoms with Gasteiger partial charge in [-0.1, -0.05) is 84.9 Å². The highest BCUT2D eigenvalue weighted by Crippen LogP contribution is 2.34. The van der Waals surface area contributed by atoms with Gasteiger partial charge in [0.1, 0.15) is 11.6 Å². The first-order valence-corrected chi connectivity index (χ1v) is 15.3. The number of piperidine rings is 1. The number of carboxylic acids is 2. The van der Waals surface area contributed by atoms with Crippen LogP contribution in [0.4, 0.5) is 0 Å². The molecule has 1 fully saturated rings. The Balaban J connectivity index is 0.000000609. The molecule has 0 saturated carbocycles. The molecule has 5 aromatic rings. The molecule has 0 bridgehead atoms. The van der Waals surface area contributed by atoms with Crippen molar-refractivity contribution in [2.45, 2.75) is 31.7 Å². The fourth-order valence-electron chi connectivity index (χ4n) is 6.04. The molecular formula is C37H39N3O5. The van der Waals surface area contributed by atoms with E-state index in [0.717, 1.165) is 43.7 Å². The number of ether oxygens (including phenoxy) is 1. The van der Waals surface area contributed by atoms with E-state index >= 15 is 0 Å². The topological polar surface area (TPSA) is 105 Å². The fourth-order valence-corrected chi connectivity index (χ4v) is 6.04. The molecule has 8 nitrogen and oxygen atoms in total. The highest BCUT2D eigenvalue weighted by Gasteiger charge is 2.26. The maximum atomic E-state index is 9.10. The van der Waals surface area contributed by atoms with E-state index in [0.29, 0.717) is 5.92 Å². The number of fused-ring (bicyclic) bond motifs is 1. The molecule has 4 aromatic carbocycles. The van der Waals surface area contributed by atoms with Gasteiger partial charge in [0, 0.05) is 13.0 Å². The largest absolute Gasteiger partial charge is 0.497 e. The zero-order chi connectivity index (χ0) is 31.6. The average Bonchev–Trinajstić information content (AvgIpc) is 3.43. The van der Waals surface area contributed by atoms with Crippen LogP contribution in [0.5, 0.6) is 5.75 Å². The van der Waals surface area contributed by atoms with E-state index < -0.39 is 11.9 Å². The van der Waals surface area contributed by atoms with E-state index in [4.69, 9.17) is 29.5 Å². The van der Waals surface area contributed by atoms with Crippen molar-refractivity contribution in [2.24, 2.45) is 5.92 Å². The van der Waals surface area contributed by atoms with Gasteiger partial charge in [0.2, 0.25) is 0 Å². The number of carbonyl (C=O) groups is 2. The van der Waals surface area contributed by atoms with Gasteiger partial charge < -0.3 is 24.4 Å². The predicted molar refractivity (Wildman–Crippen MR) is 175 cm³/mol. The van der Waals surface area contributed by atoms with Crippen LogP contribution in [-0.2, 0) is 22.4 Å². The van der Waals surface area contributed by atoms with E-state index in [9.17, 15) is 0 Å². The van der Waals surface area contributed by atoms with Gasteiger partial charge in [-0.2, -0.15) is 0 Å². The Bertz CT molecular complexity index is 1630. The Labute approximate surface area is 263 Å². The minimum absolute atomic E-state index is 0.0967.